The van der Waals surface area contributed by atoms with Crippen molar-refractivity contribution in [1.29, 1.82) is 0 Å². The molecule has 0 radical (unpaired) electrons. The van der Waals surface area contributed by atoms with E-state index in [0.29, 0.717) is 17.5 Å². The van der Waals surface area contributed by atoms with Crippen LogP contribution in [0.4, 0.5) is 0 Å². The summed E-state index contributed by atoms with van der Waals surface area (Å²) < 4.78 is 8.82. The van der Waals surface area contributed by atoms with Crippen molar-refractivity contribution in [1.82, 2.24) is 19.5 Å². The Morgan fingerprint density at radius 1 is 0.431 bits per heavy atom. The first-order valence-electron chi connectivity index (χ1n) is 17.1. The minimum atomic E-state index is 0.624. The van der Waals surface area contributed by atoms with E-state index >= 15 is 0 Å². The van der Waals surface area contributed by atoms with E-state index in [1.807, 2.05) is 72.8 Å². The number of rotatable bonds is 5. The first-order chi connectivity index (χ1) is 25.2. The Balaban J connectivity index is 1.18. The van der Waals surface area contributed by atoms with Gasteiger partial charge < -0.3 is 8.98 Å². The van der Waals surface area contributed by atoms with E-state index in [1.54, 1.807) is 0 Å². The topological polar surface area (TPSA) is 56.7 Å². The Morgan fingerprint density at radius 3 is 1.84 bits per heavy atom. The van der Waals surface area contributed by atoms with Crippen LogP contribution in [-0.2, 0) is 0 Å². The van der Waals surface area contributed by atoms with Gasteiger partial charge in [-0.2, -0.15) is 0 Å². The monoisotopic (exact) mass is 654 g/mol. The van der Waals surface area contributed by atoms with Crippen LogP contribution >= 0.6 is 0 Å². The smallest absolute Gasteiger partial charge is 0.164 e. The van der Waals surface area contributed by atoms with E-state index in [2.05, 4.69) is 102 Å². The highest BCUT2D eigenvalue weighted by molar-refractivity contribution is 6.13. The van der Waals surface area contributed by atoms with Crippen LogP contribution in [0, 0.1) is 6.92 Å². The molecule has 0 aliphatic rings. The molecule has 7 aromatic carbocycles. The summed E-state index contributed by atoms with van der Waals surface area (Å²) in [5.74, 6) is 1.90. The molecule has 5 nitrogen and oxygen atoms in total. The molecule has 0 aliphatic heterocycles. The highest BCUT2D eigenvalue weighted by Crippen LogP contribution is 2.40. The van der Waals surface area contributed by atoms with Crippen LogP contribution in [0.5, 0.6) is 0 Å². The molecule has 10 rings (SSSR count). The minimum absolute atomic E-state index is 0.624. The third kappa shape index (κ3) is 4.90. The van der Waals surface area contributed by atoms with Crippen molar-refractivity contribution in [2.75, 3.05) is 0 Å². The zero-order chi connectivity index (χ0) is 33.9. The molecule has 0 fully saturated rings. The van der Waals surface area contributed by atoms with E-state index in [9.17, 15) is 0 Å². The fourth-order valence-corrected chi connectivity index (χ4v) is 7.28. The Bertz CT molecular complexity index is 2870. The van der Waals surface area contributed by atoms with Crippen LogP contribution in [0.25, 0.3) is 94.7 Å². The molecule has 3 aromatic heterocycles. The van der Waals surface area contributed by atoms with Crippen molar-refractivity contribution in [3.63, 3.8) is 0 Å². The molecule has 0 unspecified atom stereocenters. The van der Waals surface area contributed by atoms with Gasteiger partial charge in [0.05, 0.1) is 11.0 Å². The molecule has 0 atom stereocenters. The van der Waals surface area contributed by atoms with Gasteiger partial charge in [0.2, 0.25) is 0 Å². The van der Waals surface area contributed by atoms with E-state index < -0.39 is 0 Å². The van der Waals surface area contributed by atoms with E-state index in [4.69, 9.17) is 19.4 Å². The minimum Gasteiger partial charge on any atom is -0.455 e. The Kier molecular flexibility index (Phi) is 6.64. The van der Waals surface area contributed by atoms with Gasteiger partial charge in [-0.3, -0.25) is 0 Å². The average Bonchev–Trinajstić information content (AvgIpc) is 3.73. The van der Waals surface area contributed by atoms with E-state index in [0.717, 1.165) is 66.5 Å². The SMILES string of the molecule is Cc1ccc2c(c1)c1ccc(-c3cccc4c3oc3ccccc34)cc1n2-c1cccc(-c2nc(-c3ccccc3)nc(-c3ccccc3)n2)c1. The Hall–Kier alpha value is -6.85. The summed E-state index contributed by atoms with van der Waals surface area (Å²) in [5, 5.41) is 4.65. The maximum absolute atomic E-state index is 6.46. The lowest BCUT2D eigenvalue weighted by molar-refractivity contribution is 0.670. The predicted octanol–water partition coefficient (Wildman–Crippen LogP) is 11.8. The fraction of sp³-hybridized carbons (Fsp3) is 0.0217. The van der Waals surface area contributed by atoms with Crippen molar-refractivity contribution in [2.24, 2.45) is 0 Å². The molecule has 0 aliphatic carbocycles. The zero-order valence-corrected chi connectivity index (χ0v) is 27.8. The largest absolute Gasteiger partial charge is 0.455 e. The van der Waals surface area contributed by atoms with Gasteiger partial charge in [-0.1, -0.05) is 133 Å². The summed E-state index contributed by atoms with van der Waals surface area (Å²) in [5.41, 5.74) is 11.3. The summed E-state index contributed by atoms with van der Waals surface area (Å²) in [4.78, 5) is 14.9. The second-order valence-electron chi connectivity index (χ2n) is 13.0. The lowest BCUT2D eigenvalue weighted by Gasteiger charge is -2.12. The molecule has 51 heavy (non-hydrogen) atoms. The maximum Gasteiger partial charge on any atom is 0.164 e. The maximum atomic E-state index is 6.46. The van der Waals surface area contributed by atoms with Crippen molar-refractivity contribution >= 4 is 43.7 Å². The lowest BCUT2D eigenvalue weighted by Crippen LogP contribution is -2.01. The quantitative estimate of drug-likeness (QED) is 0.185. The number of hydrogen-bond acceptors (Lipinski definition) is 4. The number of aryl methyl sites for hydroxylation is 1. The van der Waals surface area contributed by atoms with Crippen molar-refractivity contribution in [2.45, 2.75) is 6.92 Å². The number of furan rings is 1. The molecule has 0 saturated heterocycles. The van der Waals surface area contributed by atoms with Gasteiger partial charge in [0.1, 0.15) is 11.2 Å². The molecular formula is C46H30N4O. The van der Waals surface area contributed by atoms with Crippen LogP contribution in [0.2, 0.25) is 0 Å². The Labute approximate surface area is 294 Å². The van der Waals surface area contributed by atoms with Gasteiger partial charge in [-0.25, -0.2) is 15.0 Å². The number of benzene rings is 7. The van der Waals surface area contributed by atoms with Gasteiger partial charge >= 0.3 is 0 Å². The summed E-state index contributed by atoms with van der Waals surface area (Å²) in [6, 6.07) is 56.8. The standard InChI is InChI=1S/C46H30N4O/c1-29-22-25-40-39(26-29)36-24-23-32(35-19-11-20-38-37-18-8-9-21-42(37)51-43(35)38)28-41(36)50(40)34-17-10-16-33(27-34)46-48-44(30-12-4-2-5-13-30)47-45(49-46)31-14-6-3-7-15-31/h2-28H,1H3. The third-order valence-corrected chi connectivity index (χ3v) is 9.70. The molecule has 3 heterocycles. The molecule has 5 heteroatoms. The molecule has 0 N–H and O–H groups in total. The van der Waals surface area contributed by atoms with Crippen LogP contribution in [0.3, 0.4) is 0 Å². The molecule has 10 aromatic rings. The highest BCUT2D eigenvalue weighted by Gasteiger charge is 2.18. The summed E-state index contributed by atoms with van der Waals surface area (Å²) in [6.45, 7) is 2.15. The lowest BCUT2D eigenvalue weighted by atomic mass is 10.0. The van der Waals surface area contributed by atoms with Crippen molar-refractivity contribution in [3.8, 4) is 51.0 Å². The third-order valence-electron chi connectivity index (χ3n) is 9.70. The van der Waals surface area contributed by atoms with E-state index in [1.165, 1.54) is 16.3 Å². The molecule has 0 bridgehead atoms. The van der Waals surface area contributed by atoms with Gasteiger partial charge in [0.15, 0.2) is 17.5 Å². The summed E-state index contributed by atoms with van der Waals surface area (Å²) in [7, 11) is 0. The average molecular weight is 655 g/mol. The second-order valence-corrected chi connectivity index (χ2v) is 13.0. The number of fused-ring (bicyclic) bond motifs is 6. The van der Waals surface area contributed by atoms with Crippen LogP contribution in [0.1, 0.15) is 5.56 Å². The normalized spacial score (nSPS) is 11.6. The van der Waals surface area contributed by atoms with Crippen LogP contribution in [0.15, 0.2) is 168 Å². The predicted molar refractivity (Wildman–Crippen MR) is 208 cm³/mol. The second kappa shape index (κ2) is 11.6. The van der Waals surface area contributed by atoms with Gasteiger partial charge in [0, 0.05) is 49.5 Å². The van der Waals surface area contributed by atoms with Gasteiger partial charge in [0.25, 0.3) is 0 Å². The van der Waals surface area contributed by atoms with Crippen LogP contribution < -0.4 is 0 Å². The molecule has 0 spiro atoms. The zero-order valence-electron chi connectivity index (χ0n) is 27.8. The molecule has 0 saturated carbocycles. The van der Waals surface area contributed by atoms with Crippen molar-refractivity contribution < 1.29 is 4.42 Å². The first-order valence-corrected chi connectivity index (χ1v) is 17.1. The van der Waals surface area contributed by atoms with Crippen LogP contribution in [-0.4, -0.2) is 19.5 Å². The fourth-order valence-electron chi connectivity index (χ4n) is 7.28. The van der Waals surface area contributed by atoms with Gasteiger partial charge in [-0.15, -0.1) is 0 Å². The summed E-state index contributed by atoms with van der Waals surface area (Å²) >= 11 is 0. The Morgan fingerprint density at radius 2 is 1.08 bits per heavy atom. The molecule has 0 amide bonds. The van der Waals surface area contributed by atoms with E-state index in [-0.39, 0.29) is 0 Å². The number of hydrogen-bond donors (Lipinski definition) is 0. The number of para-hydroxylation sites is 2. The molecular weight excluding hydrogens is 625 g/mol. The first kappa shape index (κ1) is 29.1. The number of nitrogens with zero attached hydrogens (tertiary/aromatic N) is 4. The highest BCUT2D eigenvalue weighted by atomic mass is 16.3. The van der Waals surface area contributed by atoms with Crippen molar-refractivity contribution in [3.05, 3.63) is 169 Å². The number of aromatic nitrogens is 4. The summed E-state index contributed by atoms with van der Waals surface area (Å²) in [6.07, 6.45) is 0. The molecule has 240 valence electrons. The van der Waals surface area contributed by atoms with Gasteiger partial charge in [-0.05, 0) is 48.9 Å².